The number of aryl methyl sites for hydroxylation is 3. The summed E-state index contributed by atoms with van der Waals surface area (Å²) in [6.45, 7) is 6.06. The Hall–Kier alpha value is -2.45. The van der Waals surface area contributed by atoms with Gasteiger partial charge in [0.2, 0.25) is 0 Å². The molecule has 2 aromatic heterocycles. The summed E-state index contributed by atoms with van der Waals surface area (Å²) in [5.41, 5.74) is 2.98. The highest BCUT2D eigenvalue weighted by Gasteiger charge is 2.06. The molecule has 2 N–H and O–H groups in total. The lowest BCUT2D eigenvalue weighted by Gasteiger charge is -2.09. The quantitative estimate of drug-likeness (QED) is 0.448. The zero-order valence-corrected chi connectivity index (χ0v) is 17.3. The lowest BCUT2D eigenvalue weighted by Crippen LogP contribution is -2.30. The first-order valence-corrected chi connectivity index (χ1v) is 9.72. The molecule has 3 aromatic rings. The van der Waals surface area contributed by atoms with Crippen LogP contribution in [0.1, 0.15) is 23.4 Å². The van der Waals surface area contributed by atoms with Crippen LogP contribution in [0.2, 0.25) is 5.02 Å². The fourth-order valence-corrected chi connectivity index (χ4v) is 3.27. The molecule has 0 aliphatic rings. The maximum Gasteiger partial charge on any atom is 0.171 e. The lowest BCUT2D eigenvalue weighted by molar-refractivity contribution is 0.558. The summed E-state index contributed by atoms with van der Waals surface area (Å²) in [4.78, 5) is 0. The predicted octanol–water partition coefficient (Wildman–Crippen LogP) is 3.91. The molecule has 0 unspecified atom stereocenters. The van der Waals surface area contributed by atoms with Gasteiger partial charge in [-0.1, -0.05) is 17.7 Å². The first-order chi connectivity index (χ1) is 13.4. The standard InChI is InChI=1S/C19H22ClFN6S/c1-13-10-14(2)27(24-13)8-3-7-22-19(28)23-18-6-9-26(25-18)12-15-4-5-16(21)11-17(15)20/h4-6,9-11H,3,7-8,12H2,1-2H3,(H2,22,23,25,28). The van der Waals surface area contributed by atoms with Gasteiger partial charge in [0.25, 0.3) is 0 Å². The van der Waals surface area contributed by atoms with Gasteiger partial charge >= 0.3 is 0 Å². The summed E-state index contributed by atoms with van der Waals surface area (Å²) in [7, 11) is 0. The Labute approximate surface area is 173 Å². The van der Waals surface area contributed by atoms with Gasteiger partial charge < -0.3 is 10.6 Å². The number of nitrogens with one attached hydrogen (secondary N) is 2. The van der Waals surface area contributed by atoms with Crippen LogP contribution in [-0.4, -0.2) is 31.2 Å². The van der Waals surface area contributed by atoms with Crippen molar-refractivity contribution in [3.63, 3.8) is 0 Å². The Kier molecular flexibility index (Phi) is 6.64. The molecular weight excluding hydrogens is 399 g/mol. The number of halogens is 2. The molecule has 6 nitrogen and oxygen atoms in total. The van der Waals surface area contributed by atoms with Crippen molar-refractivity contribution in [2.45, 2.75) is 33.4 Å². The smallest absolute Gasteiger partial charge is 0.171 e. The van der Waals surface area contributed by atoms with Gasteiger partial charge in [-0.3, -0.25) is 9.36 Å². The number of hydrogen-bond acceptors (Lipinski definition) is 3. The second-order valence-corrected chi connectivity index (χ2v) is 7.33. The monoisotopic (exact) mass is 420 g/mol. The number of aromatic nitrogens is 4. The molecule has 2 heterocycles. The maximum absolute atomic E-state index is 13.1. The number of benzene rings is 1. The van der Waals surface area contributed by atoms with E-state index in [1.165, 1.54) is 12.1 Å². The van der Waals surface area contributed by atoms with Gasteiger partial charge in [-0.05, 0) is 56.2 Å². The van der Waals surface area contributed by atoms with Gasteiger partial charge in [-0.2, -0.15) is 10.2 Å². The highest BCUT2D eigenvalue weighted by Crippen LogP contribution is 2.18. The van der Waals surface area contributed by atoms with Gasteiger partial charge in [0.1, 0.15) is 5.82 Å². The molecule has 28 heavy (non-hydrogen) atoms. The zero-order valence-electron chi connectivity index (χ0n) is 15.7. The third kappa shape index (κ3) is 5.53. The molecular formula is C19H22ClFN6S. The first kappa shape index (κ1) is 20.3. The van der Waals surface area contributed by atoms with Crippen LogP contribution in [0, 0.1) is 19.7 Å². The summed E-state index contributed by atoms with van der Waals surface area (Å²) in [6.07, 6.45) is 2.72. The average molecular weight is 421 g/mol. The molecule has 1 aromatic carbocycles. The van der Waals surface area contributed by atoms with Crippen molar-refractivity contribution in [1.29, 1.82) is 0 Å². The van der Waals surface area contributed by atoms with E-state index in [9.17, 15) is 4.39 Å². The van der Waals surface area contributed by atoms with E-state index < -0.39 is 0 Å². The van der Waals surface area contributed by atoms with Crippen molar-refractivity contribution in [2.75, 3.05) is 11.9 Å². The lowest BCUT2D eigenvalue weighted by atomic mass is 10.2. The van der Waals surface area contributed by atoms with E-state index in [4.69, 9.17) is 23.8 Å². The van der Waals surface area contributed by atoms with Crippen molar-refractivity contribution < 1.29 is 4.39 Å². The summed E-state index contributed by atoms with van der Waals surface area (Å²) >= 11 is 11.4. The molecule has 0 atom stereocenters. The second kappa shape index (κ2) is 9.16. The number of anilines is 1. The average Bonchev–Trinajstić information content (AvgIpc) is 3.20. The summed E-state index contributed by atoms with van der Waals surface area (Å²) in [5.74, 6) is 0.278. The summed E-state index contributed by atoms with van der Waals surface area (Å²) < 4.78 is 16.8. The summed E-state index contributed by atoms with van der Waals surface area (Å²) in [6, 6.07) is 8.22. The normalized spacial score (nSPS) is 10.9. The minimum absolute atomic E-state index is 0.356. The highest BCUT2D eigenvalue weighted by atomic mass is 35.5. The van der Waals surface area contributed by atoms with Crippen molar-refractivity contribution in [1.82, 2.24) is 24.9 Å². The fourth-order valence-electron chi connectivity index (χ4n) is 2.83. The van der Waals surface area contributed by atoms with Gasteiger partial charge in [-0.25, -0.2) is 4.39 Å². The molecule has 0 saturated carbocycles. The van der Waals surface area contributed by atoms with E-state index in [2.05, 4.69) is 33.8 Å². The Balaban J connectivity index is 1.44. The van der Waals surface area contributed by atoms with E-state index in [1.54, 1.807) is 10.7 Å². The second-order valence-electron chi connectivity index (χ2n) is 6.52. The van der Waals surface area contributed by atoms with Crippen molar-refractivity contribution in [3.05, 3.63) is 64.3 Å². The van der Waals surface area contributed by atoms with Crippen LogP contribution in [0.15, 0.2) is 36.5 Å². The molecule has 148 valence electrons. The van der Waals surface area contributed by atoms with E-state index in [-0.39, 0.29) is 5.82 Å². The number of thiocarbonyl (C=S) groups is 1. The van der Waals surface area contributed by atoms with Crippen LogP contribution in [0.5, 0.6) is 0 Å². The van der Waals surface area contributed by atoms with Gasteiger partial charge in [0, 0.05) is 36.1 Å². The highest BCUT2D eigenvalue weighted by molar-refractivity contribution is 7.80. The largest absolute Gasteiger partial charge is 0.362 e. The molecule has 9 heteroatoms. The van der Waals surface area contributed by atoms with Crippen LogP contribution in [-0.2, 0) is 13.1 Å². The van der Waals surface area contributed by atoms with Crippen molar-refractivity contribution in [3.8, 4) is 0 Å². The van der Waals surface area contributed by atoms with Crippen LogP contribution >= 0.6 is 23.8 Å². The third-order valence-corrected chi connectivity index (χ3v) is 4.76. The van der Waals surface area contributed by atoms with Gasteiger partial charge in [0.15, 0.2) is 10.9 Å². The van der Waals surface area contributed by atoms with Crippen LogP contribution < -0.4 is 10.6 Å². The molecule has 0 fully saturated rings. The number of rotatable bonds is 7. The molecule has 0 spiro atoms. The first-order valence-electron chi connectivity index (χ1n) is 8.94. The SMILES string of the molecule is Cc1cc(C)n(CCCNC(=S)Nc2ccn(Cc3ccc(F)cc3Cl)n2)n1. The Morgan fingerprint density at radius 2 is 2.04 bits per heavy atom. The molecule has 3 rings (SSSR count). The maximum atomic E-state index is 13.1. The predicted molar refractivity (Wildman–Crippen MR) is 113 cm³/mol. The van der Waals surface area contributed by atoms with Crippen LogP contribution in [0.3, 0.4) is 0 Å². The van der Waals surface area contributed by atoms with Gasteiger partial charge in [0.05, 0.1) is 12.2 Å². The molecule has 0 aliphatic carbocycles. The molecule has 0 radical (unpaired) electrons. The van der Waals surface area contributed by atoms with E-state index >= 15 is 0 Å². The fraction of sp³-hybridized carbons (Fsp3) is 0.316. The minimum atomic E-state index is -0.356. The topological polar surface area (TPSA) is 59.7 Å². The number of nitrogens with zero attached hydrogens (tertiary/aromatic N) is 4. The summed E-state index contributed by atoms with van der Waals surface area (Å²) in [5, 5.41) is 16.0. The molecule has 0 saturated heterocycles. The Morgan fingerprint density at radius 3 is 2.75 bits per heavy atom. The molecule has 0 amide bonds. The molecule has 0 aliphatic heterocycles. The van der Waals surface area contributed by atoms with Crippen molar-refractivity contribution >= 4 is 34.7 Å². The molecule has 0 bridgehead atoms. The Bertz CT molecular complexity index is 967. The third-order valence-electron chi connectivity index (χ3n) is 4.17. The van der Waals surface area contributed by atoms with Crippen molar-refractivity contribution in [2.24, 2.45) is 0 Å². The van der Waals surface area contributed by atoms with Gasteiger partial charge in [-0.15, -0.1) is 0 Å². The van der Waals surface area contributed by atoms with Crippen LogP contribution in [0.25, 0.3) is 0 Å². The number of hydrogen-bond donors (Lipinski definition) is 2. The van der Waals surface area contributed by atoms with E-state index in [1.807, 2.05) is 23.9 Å². The van der Waals surface area contributed by atoms with Crippen LogP contribution in [0.4, 0.5) is 10.2 Å². The minimum Gasteiger partial charge on any atom is -0.362 e. The van der Waals surface area contributed by atoms with E-state index in [0.717, 1.165) is 36.5 Å². The Morgan fingerprint density at radius 1 is 1.21 bits per heavy atom. The van der Waals surface area contributed by atoms with E-state index in [0.29, 0.717) is 22.5 Å². The zero-order chi connectivity index (χ0) is 20.1.